The van der Waals surface area contributed by atoms with Gasteiger partial charge in [0.25, 0.3) is 10.0 Å². The van der Waals surface area contributed by atoms with Crippen LogP contribution in [0.15, 0.2) is 57.6 Å². The lowest BCUT2D eigenvalue weighted by atomic mass is 9.90. The second-order valence-electron chi connectivity index (χ2n) is 7.51. The molecule has 1 aromatic carbocycles. The summed E-state index contributed by atoms with van der Waals surface area (Å²) in [7, 11) is -2.44. The maximum Gasteiger partial charge on any atom is 0.250 e. The number of sulfonamides is 1. The Balaban J connectivity index is 1.75. The van der Waals surface area contributed by atoms with Crippen molar-refractivity contribution in [2.75, 3.05) is 7.11 Å². The smallest absolute Gasteiger partial charge is 0.250 e. The van der Waals surface area contributed by atoms with Crippen LogP contribution in [0.3, 0.4) is 0 Å². The number of hydrogen-bond donors (Lipinski definition) is 5. The van der Waals surface area contributed by atoms with Crippen LogP contribution in [0.1, 0.15) is 12.0 Å². The third kappa shape index (κ3) is 6.18. The van der Waals surface area contributed by atoms with Crippen LogP contribution in [0.5, 0.6) is 5.75 Å². The highest BCUT2D eigenvalue weighted by Crippen LogP contribution is 2.23. The Morgan fingerprint density at radius 1 is 1.24 bits per heavy atom. The lowest BCUT2D eigenvalue weighted by molar-refractivity contribution is -0.125. The molecular formula is C21H25N3O7S2. The Hall–Kier alpha value is -2.77. The average molecular weight is 496 g/mol. The number of ether oxygens (including phenoxy) is 1. The number of aliphatic hydroxyl groups excluding tert-OH is 2. The molecule has 3 rings (SSSR count). The number of carbonyl (C=O) groups is 2. The maximum absolute atomic E-state index is 12.8. The summed E-state index contributed by atoms with van der Waals surface area (Å²) < 4.78 is 32.4. The van der Waals surface area contributed by atoms with E-state index in [1.807, 2.05) is 0 Å². The van der Waals surface area contributed by atoms with Gasteiger partial charge in [-0.05, 0) is 29.1 Å². The van der Waals surface area contributed by atoms with Gasteiger partial charge in [0.15, 0.2) is 0 Å². The molecule has 0 saturated heterocycles. The van der Waals surface area contributed by atoms with E-state index in [0.717, 1.165) is 16.9 Å². The van der Waals surface area contributed by atoms with E-state index in [4.69, 9.17) is 10.5 Å². The Bertz CT molecular complexity index is 1120. The highest BCUT2D eigenvalue weighted by Gasteiger charge is 2.36. The predicted octanol–water partition coefficient (Wildman–Crippen LogP) is -0.332. The molecule has 0 fully saturated rings. The number of primary amides is 1. The molecule has 178 valence electrons. The van der Waals surface area contributed by atoms with Gasteiger partial charge >= 0.3 is 0 Å². The predicted molar refractivity (Wildman–Crippen MR) is 121 cm³/mol. The van der Waals surface area contributed by atoms with E-state index in [9.17, 15) is 28.2 Å². The van der Waals surface area contributed by atoms with Crippen LogP contribution in [-0.4, -0.2) is 61.8 Å². The van der Waals surface area contributed by atoms with Gasteiger partial charge in [0, 0.05) is 18.4 Å². The second kappa shape index (κ2) is 10.4. The molecule has 2 amide bonds. The molecule has 0 unspecified atom stereocenters. The van der Waals surface area contributed by atoms with Crippen molar-refractivity contribution in [2.45, 2.75) is 41.3 Å². The molecule has 12 heteroatoms. The van der Waals surface area contributed by atoms with Crippen molar-refractivity contribution in [1.29, 1.82) is 0 Å². The normalized spacial score (nSPS) is 21.7. The molecule has 0 saturated carbocycles. The minimum Gasteiger partial charge on any atom is -0.497 e. The summed E-state index contributed by atoms with van der Waals surface area (Å²) >= 11 is 0.989. The molecule has 2 aromatic rings. The van der Waals surface area contributed by atoms with Gasteiger partial charge in [0.2, 0.25) is 11.8 Å². The first-order valence-corrected chi connectivity index (χ1v) is 12.3. The average Bonchev–Trinajstić information content (AvgIpc) is 3.32. The van der Waals surface area contributed by atoms with Crippen molar-refractivity contribution in [3.05, 3.63) is 59.0 Å². The summed E-state index contributed by atoms with van der Waals surface area (Å²) in [6.07, 6.45) is -1.71. The van der Waals surface area contributed by atoms with Crippen LogP contribution in [0.2, 0.25) is 0 Å². The molecule has 1 aliphatic carbocycles. The molecule has 0 aliphatic heterocycles. The first-order chi connectivity index (χ1) is 15.6. The lowest BCUT2D eigenvalue weighted by Crippen LogP contribution is -2.52. The van der Waals surface area contributed by atoms with Crippen molar-refractivity contribution < 1.29 is 33.0 Å². The largest absolute Gasteiger partial charge is 0.497 e. The van der Waals surface area contributed by atoms with Gasteiger partial charge < -0.3 is 26.0 Å². The van der Waals surface area contributed by atoms with Crippen LogP contribution in [0, 0.1) is 0 Å². The Labute approximate surface area is 195 Å². The standard InChI is InChI=1S/C21H25N3O7S2/c1-31-14-6-4-12(5-7-14)9-16(20(22)27)23-21(28)13-10-15(19(26)17(25)11-13)24-33(29,30)18-3-2-8-32-18/h2-8,10,15-17,19,24-26H,9,11H2,1H3,(H2,22,27)(H,23,28)/t15-,16+,17-,19-/m1/s1. The first-order valence-electron chi connectivity index (χ1n) is 9.96. The minimum absolute atomic E-state index is 0.0210. The zero-order chi connectivity index (χ0) is 24.2. The number of hydrogen-bond acceptors (Lipinski definition) is 8. The van der Waals surface area contributed by atoms with Gasteiger partial charge in [-0.1, -0.05) is 24.3 Å². The summed E-state index contributed by atoms with van der Waals surface area (Å²) in [6, 6.07) is 7.56. The first kappa shape index (κ1) is 24.9. The molecule has 0 radical (unpaired) electrons. The lowest BCUT2D eigenvalue weighted by Gasteiger charge is -2.31. The summed E-state index contributed by atoms with van der Waals surface area (Å²) in [6.45, 7) is 0. The topological polar surface area (TPSA) is 168 Å². The number of thiophene rings is 1. The Kier molecular flexibility index (Phi) is 7.87. The quantitative estimate of drug-likeness (QED) is 0.317. The van der Waals surface area contributed by atoms with Crippen LogP contribution in [0.25, 0.3) is 0 Å². The third-order valence-electron chi connectivity index (χ3n) is 5.16. The monoisotopic (exact) mass is 495 g/mol. The van der Waals surface area contributed by atoms with E-state index in [2.05, 4.69) is 10.0 Å². The zero-order valence-corrected chi connectivity index (χ0v) is 19.3. The van der Waals surface area contributed by atoms with Gasteiger partial charge in [-0.15, -0.1) is 11.3 Å². The Morgan fingerprint density at radius 3 is 2.52 bits per heavy atom. The molecule has 0 bridgehead atoms. The van der Waals surface area contributed by atoms with Gasteiger partial charge in [-0.3, -0.25) is 9.59 Å². The summed E-state index contributed by atoms with van der Waals surface area (Å²) in [5, 5.41) is 24.6. The number of amides is 2. The summed E-state index contributed by atoms with van der Waals surface area (Å²) in [5.74, 6) is -0.820. The van der Waals surface area contributed by atoms with Crippen molar-refractivity contribution in [2.24, 2.45) is 5.73 Å². The number of benzene rings is 1. The number of methoxy groups -OCH3 is 1. The molecule has 1 heterocycles. The van der Waals surface area contributed by atoms with Crippen LogP contribution in [0.4, 0.5) is 0 Å². The van der Waals surface area contributed by atoms with Gasteiger partial charge in [-0.25, -0.2) is 13.1 Å². The number of nitrogens with two attached hydrogens (primary N) is 1. The van der Waals surface area contributed by atoms with Gasteiger partial charge in [0.1, 0.15) is 22.1 Å². The highest BCUT2D eigenvalue weighted by atomic mass is 32.2. The molecule has 33 heavy (non-hydrogen) atoms. The van der Waals surface area contributed by atoms with Gasteiger partial charge in [-0.2, -0.15) is 0 Å². The van der Waals surface area contributed by atoms with Crippen LogP contribution < -0.4 is 20.5 Å². The SMILES string of the molecule is COc1ccc(C[C@H](NC(=O)C2=C[C@@H](NS(=O)(=O)c3cccs3)[C@@H](O)[C@H](O)C2)C(N)=O)cc1. The van der Waals surface area contributed by atoms with E-state index in [0.29, 0.717) is 5.75 Å². The highest BCUT2D eigenvalue weighted by molar-refractivity contribution is 7.91. The molecular weight excluding hydrogens is 470 g/mol. The van der Waals surface area contributed by atoms with Crippen molar-refractivity contribution in [3.63, 3.8) is 0 Å². The molecule has 1 aromatic heterocycles. The number of nitrogens with one attached hydrogen (secondary N) is 2. The number of rotatable bonds is 9. The van der Waals surface area contributed by atoms with E-state index in [1.54, 1.807) is 35.7 Å². The van der Waals surface area contributed by atoms with E-state index in [-0.39, 0.29) is 22.6 Å². The summed E-state index contributed by atoms with van der Waals surface area (Å²) in [4.78, 5) is 24.7. The summed E-state index contributed by atoms with van der Waals surface area (Å²) in [5.41, 5.74) is 6.21. The van der Waals surface area contributed by atoms with Gasteiger partial charge in [0.05, 0.1) is 19.3 Å². The molecule has 6 N–H and O–H groups in total. The fourth-order valence-corrected chi connectivity index (χ4v) is 5.57. The molecule has 1 aliphatic rings. The fourth-order valence-electron chi connectivity index (χ4n) is 3.37. The second-order valence-corrected chi connectivity index (χ2v) is 10.4. The van der Waals surface area contributed by atoms with Crippen molar-refractivity contribution >= 4 is 33.2 Å². The maximum atomic E-state index is 12.8. The zero-order valence-electron chi connectivity index (χ0n) is 17.7. The molecule has 0 spiro atoms. The van der Waals surface area contributed by atoms with E-state index >= 15 is 0 Å². The Morgan fingerprint density at radius 2 is 1.94 bits per heavy atom. The van der Waals surface area contributed by atoms with E-state index < -0.39 is 46.1 Å². The minimum atomic E-state index is -3.97. The third-order valence-corrected chi connectivity index (χ3v) is 8.02. The van der Waals surface area contributed by atoms with Crippen LogP contribution >= 0.6 is 11.3 Å². The molecule has 4 atom stereocenters. The number of carbonyl (C=O) groups excluding carboxylic acids is 2. The fraction of sp³-hybridized carbons (Fsp3) is 0.333. The number of aliphatic hydroxyl groups is 2. The van der Waals surface area contributed by atoms with Crippen molar-refractivity contribution in [1.82, 2.24) is 10.0 Å². The molecule has 10 nitrogen and oxygen atoms in total. The van der Waals surface area contributed by atoms with Crippen molar-refractivity contribution in [3.8, 4) is 5.75 Å². The van der Waals surface area contributed by atoms with Crippen LogP contribution in [-0.2, 0) is 26.0 Å². The van der Waals surface area contributed by atoms with E-state index in [1.165, 1.54) is 19.3 Å².